The Morgan fingerprint density at radius 3 is 2.77 bits per heavy atom. The second-order valence-corrected chi connectivity index (χ2v) is 2.41. The first kappa shape index (κ1) is 9.57. The molecule has 0 bridgehead atoms. The van der Waals surface area contributed by atoms with E-state index in [-0.39, 0.29) is 5.76 Å². The minimum absolute atomic E-state index is 0.00690. The Labute approximate surface area is 75.9 Å². The van der Waals surface area contributed by atoms with Gasteiger partial charge in [0.05, 0.1) is 6.61 Å². The minimum Gasteiger partial charge on any atom is -0.460 e. The van der Waals surface area contributed by atoms with E-state index in [4.69, 9.17) is 14.3 Å². The molecule has 5 heteroatoms. The van der Waals surface area contributed by atoms with Crippen LogP contribution in [0.3, 0.4) is 0 Å². The number of carbonyl (C=O) groups is 1. The highest BCUT2D eigenvalue weighted by molar-refractivity contribution is 5.88. The van der Waals surface area contributed by atoms with Crippen molar-refractivity contribution in [3.05, 3.63) is 11.5 Å². The van der Waals surface area contributed by atoms with Gasteiger partial charge in [0, 0.05) is 6.92 Å². The number of nitrogens with zero attached hydrogens (tertiary/aromatic N) is 1. The average Bonchev–Trinajstić information content (AvgIpc) is 2.04. The van der Waals surface area contributed by atoms with E-state index >= 15 is 0 Å². The predicted octanol–water partition coefficient (Wildman–Crippen LogP) is 1.16. The van der Waals surface area contributed by atoms with Crippen LogP contribution >= 0.6 is 0 Å². The van der Waals surface area contributed by atoms with Crippen molar-refractivity contribution in [2.45, 2.75) is 20.8 Å². The van der Waals surface area contributed by atoms with E-state index in [2.05, 4.69) is 5.16 Å². The third-order valence-electron chi connectivity index (χ3n) is 1.35. The Morgan fingerprint density at radius 2 is 2.23 bits per heavy atom. The van der Waals surface area contributed by atoms with E-state index in [0.29, 0.717) is 18.3 Å². The number of ether oxygens (including phenoxy) is 2. The Bertz CT molecular complexity index is 280. The van der Waals surface area contributed by atoms with Crippen LogP contribution in [0.15, 0.2) is 16.7 Å². The fraction of sp³-hybridized carbons (Fsp3) is 0.500. The first-order valence-electron chi connectivity index (χ1n) is 3.92. The number of carbonyl (C=O) groups excluding carboxylic acids is 1. The van der Waals surface area contributed by atoms with Crippen LogP contribution in [-0.2, 0) is 19.1 Å². The predicted molar refractivity (Wildman–Crippen MR) is 44.6 cm³/mol. The molecule has 0 N–H and O–H groups in total. The molecule has 0 saturated carbocycles. The molecule has 5 nitrogen and oxygen atoms in total. The number of hydrogen-bond donors (Lipinski definition) is 0. The first-order valence-corrected chi connectivity index (χ1v) is 3.92. The highest BCUT2D eigenvalue weighted by Crippen LogP contribution is 2.15. The van der Waals surface area contributed by atoms with Gasteiger partial charge in [-0.2, -0.15) is 0 Å². The number of esters is 1. The van der Waals surface area contributed by atoms with Crippen molar-refractivity contribution in [1.29, 1.82) is 0 Å². The summed E-state index contributed by atoms with van der Waals surface area (Å²) in [6, 6.07) is 0. The van der Waals surface area contributed by atoms with Gasteiger partial charge in [0.2, 0.25) is 5.90 Å². The van der Waals surface area contributed by atoms with Gasteiger partial charge in [-0.05, 0) is 19.0 Å². The molecule has 0 saturated heterocycles. The average molecular weight is 185 g/mol. The molecule has 0 aromatic heterocycles. The van der Waals surface area contributed by atoms with E-state index in [0.717, 1.165) is 0 Å². The van der Waals surface area contributed by atoms with Crippen molar-refractivity contribution in [3.8, 4) is 0 Å². The van der Waals surface area contributed by atoms with Gasteiger partial charge < -0.3 is 14.3 Å². The summed E-state index contributed by atoms with van der Waals surface area (Å²) in [5, 5.41) is 3.50. The van der Waals surface area contributed by atoms with Crippen LogP contribution in [-0.4, -0.2) is 18.5 Å². The quantitative estimate of drug-likeness (QED) is 0.606. The normalized spacial score (nSPS) is 15.8. The van der Waals surface area contributed by atoms with Gasteiger partial charge in [-0.15, -0.1) is 0 Å². The van der Waals surface area contributed by atoms with Gasteiger partial charge in [0.15, 0.2) is 5.76 Å². The lowest BCUT2D eigenvalue weighted by Gasteiger charge is -2.13. The molecule has 13 heavy (non-hydrogen) atoms. The highest BCUT2D eigenvalue weighted by Gasteiger charge is 2.22. The smallest absolute Gasteiger partial charge is 0.380 e. The van der Waals surface area contributed by atoms with Crippen molar-refractivity contribution >= 4 is 11.9 Å². The van der Waals surface area contributed by atoms with Crippen LogP contribution in [0.1, 0.15) is 20.8 Å². The molecule has 1 heterocycles. The van der Waals surface area contributed by atoms with E-state index in [1.807, 2.05) is 0 Å². The molecule has 0 aromatic rings. The van der Waals surface area contributed by atoms with Crippen LogP contribution in [0.5, 0.6) is 0 Å². The number of allylic oxidation sites excluding steroid dienone is 1. The van der Waals surface area contributed by atoms with Crippen LogP contribution < -0.4 is 0 Å². The van der Waals surface area contributed by atoms with Gasteiger partial charge in [0.25, 0.3) is 5.76 Å². The van der Waals surface area contributed by atoms with E-state index < -0.39 is 5.97 Å². The largest absolute Gasteiger partial charge is 0.460 e. The second-order valence-electron chi connectivity index (χ2n) is 2.41. The van der Waals surface area contributed by atoms with Crippen molar-refractivity contribution in [2.75, 3.05) is 6.61 Å². The molecule has 0 atom stereocenters. The minimum atomic E-state index is -0.559. The summed E-state index contributed by atoms with van der Waals surface area (Å²) in [5.41, 5.74) is 0. The third-order valence-corrected chi connectivity index (χ3v) is 1.35. The lowest BCUT2D eigenvalue weighted by atomic mass is 10.4. The Hall–Kier alpha value is -1.52. The molecule has 0 unspecified atom stereocenters. The second kappa shape index (κ2) is 3.93. The molecule has 1 aliphatic rings. The fourth-order valence-electron chi connectivity index (χ4n) is 0.838. The zero-order valence-corrected chi connectivity index (χ0v) is 7.79. The molecule has 0 spiro atoms. The first-order chi connectivity index (χ1) is 6.15. The van der Waals surface area contributed by atoms with Crippen molar-refractivity contribution in [3.63, 3.8) is 0 Å². The zero-order chi connectivity index (χ0) is 9.84. The maximum absolute atomic E-state index is 11.2. The van der Waals surface area contributed by atoms with Gasteiger partial charge >= 0.3 is 5.97 Å². The maximum atomic E-state index is 11.2. The molecule has 0 radical (unpaired) electrons. The number of oxime groups is 1. The Morgan fingerprint density at radius 1 is 1.54 bits per heavy atom. The van der Waals surface area contributed by atoms with Gasteiger partial charge in [-0.25, -0.2) is 4.79 Å². The maximum Gasteiger partial charge on any atom is 0.380 e. The van der Waals surface area contributed by atoms with E-state index in [9.17, 15) is 4.79 Å². The lowest BCUT2D eigenvalue weighted by Crippen LogP contribution is -2.17. The van der Waals surface area contributed by atoms with Gasteiger partial charge in [-0.3, -0.25) is 0 Å². The number of hydrogen-bond acceptors (Lipinski definition) is 5. The van der Waals surface area contributed by atoms with Crippen LogP contribution in [0.25, 0.3) is 0 Å². The van der Waals surface area contributed by atoms with Crippen molar-refractivity contribution in [2.24, 2.45) is 5.16 Å². The van der Waals surface area contributed by atoms with Gasteiger partial charge in [0.1, 0.15) is 0 Å². The van der Waals surface area contributed by atoms with E-state index in [1.165, 1.54) is 0 Å². The van der Waals surface area contributed by atoms with Crippen LogP contribution in [0, 0.1) is 0 Å². The molecule has 0 aliphatic carbocycles. The zero-order valence-electron chi connectivity index (χ0n) is 7.79. The summed E-state index contributed by atoms with van der Waals surface area (Å²) in [6.45, 7) is 5.25. The summed E-state index contributed by atoms with van der Waals surface area (Å²) in [5.74, 6) is 0.181. The van der Waals surface area contributed by atoms with Crippen molar-refractivity contribution in [1.82, 2.24) is 0 Å². The summed E-state index contributed by atoms with van der Waals surface area (Å²) < 4.78 is 9.79. The summed E-state index contributed by atoms with van der Waals surface area (Å²) in [7, 11) is 0. The topological polar surface area (TPSA) is 57.1 Å². The molecule has 0 aromatic carbocycles. The van der Waals surface area contributed by atoms with E-state index in [1.54, 1.807) is 20.8 Å². The lowest BCUT2D eigenvalue weighted by molar-refractivity contribution is -0.143. The van der Waals surface area contributed by atoms with Crippen molar-refractivity contribution < 1.29 is 19.1 Å². The molecule has 0 fully saturated rings. The molecule has 0 amide bonds. The van der Waals surface area contributed by atoms with Crippen LogP contribution in [0.4, 0.5) is 0 Å². The summed E-state index contributed by atoms with van der Waals surface area (Å²) in [4.78, 5) is 15.9. The molecule has 1 rings (SSSR count). The standard InChI is InChI=1S/C8H11NO4/c1-4-11-8(10)7-5(2)12-6(3)9-13-7/h4H2,1-3H3. The number of rotatable bonds is 2. The SMILES string of the molecule is CCOC(=O)C1=C(C)OC(C)=NO1. The fourth-order valence-corrected chi connectivity index (χ4v) is 0.838. The Balaban J connectivity index is 2.70. The van der Waals surface area contributed by atoms with Gasteiger partial charge in [-0.1, -0.05) is 0 Å². The third kappa shape index (κ3) is 2.21. The van der Waals surface area contributed by atoms with Crippen LogP contribution in [0.2, 0.25) is 0 Å². The molecule has 1 aliphatic heterocycles. The molecule has 72 valence electrons. The Kier molecular flexibility index (Phi) is 2.89. The summed E-state index contributed by atoms with van der Waals surface area (Å²) >= 11 is 0. The molecular weight excluding hydrogens is 174 g/mol. The monoisotopic (exact) mass is 185 g/mol. The highest BCUT2D eigenvalue weighted by atomic mass is 16.7. The summed E-state index contributed by atoms with van der Waals surface area (Å²) in [6.07, 6.45) is 0. The molecular formula is C8H11NO4.